The number of nitrogens with zero attached hydrogens (tertiary/aromatic N) is 2. The second-order valence-corrected chi connectivity index (χ2v) is 11.0. The van der Waals surface area contributed by atoms with Gasteiger partial charge in [-0.2, -0.15) is 0 Å². The number of pyridine rings is 1. The summed E-state index contributed by atoms with van der Waals surface area (Å²) in [4.78, 5) is 27.0. The number of halogens is 1. The van der Waals surface area contributed by atoms with E-state index >= 15 is 0 Å². The molecule has 0 aromatic carbocycles. The third-order valence-electron chi connectivity index (χ3n) is 6.46. The van der Waals surface area contributed by atoms with Crippen LogP contribution < -0.4 is 5.32 Å². The van der Waals surface area contributed by atoms with Crippen molar-refractivity contribution < 1.29 is 34.0 Å². The number of hydrogen-bond acceptors (Lipinski definition) is 8. The molecule has 1 aliphatic carbocycles. The van der Waals surface area contributed by atoms with Crippen molar-refractivity contribution in [1.29, 1.82) is 0 Å². The summed E-state index contributed by atoms with van der Waals surface area (Å²) in [5, 5.41) is 24.7. The van der Waals surface area contributed by atoms with E-state index < -0.39 is 38.4 Å². The van der Waals surface area contributed by atoms with Gasteiger partial charge in [0.15, 0.2) is 0 Å². The van der Waals surface area contributed by atoms with E-state index in [0.29, 0.717) is 30.5 Å². The zero-order valence-electron chi connectivity index (χ0n) is 18.2. The summed E-state index contributed by atoms with van der Waals surface area (Å²) in [6.07, 6.45) is 3.60. The van der Waals surface area contributed by atoms with Crippen LogP contribution in [0, 0.1) is 0 Å². The molecule has 2 fully saturated rings. The summed E-state index contributed by atoms with van der Waals surface area (Å²) in [5.41, 5.74) is 2.76. The van der Waals surface area contributed by atoms with Crippen molar-refractivity contribution in [3.63, 3.8) is 0 Å². The topological polar surface area (TPSA) is 154 Å². The predicted octanol–water partition coefficient (Wildman–Crippen LogP) is 1.85. The maximum atomic E-state index is 10.9. The molecule has 3 heterocycles. The summed E-state index contributed by atoms with van der Waals surface area (Å²) in [6.45, 7) is -0.224. The largest absolute Gasteiger partial charge is 0.388 e. The molecule has 1 saturated heterocycles. The Balaban J connectivity index is 1.39. The molecule has 0 radical (unpaired) electrons. The van der Waals surface area contributed by atoms with Crippen LogP contribution in [-0.2, 0) is 20.5 Å². The first-order valence-electron chi connectivity index (χ1n) is 11.3. The van der Waals surface area contributed by atoms with Crippen LogP contribution in [0.1, 0.15) is 49.8 Å². The van der Waals surface area contributed by atoms with Crippen LogP contribution >= 0.6 is 19.2 Å². The zero-order valence-corrected chi connectivity index (χ0v) is 19.9. The number of aliphatic hydroxyl groups is 2. The fourth-order valence-corrected chi connectivity index (χ4v) is 5.32. The fraction of sp³-hybridized carbons (Fsp3) is 0.714. The Bertz CT molecular complexity index is 908. The van der Waals surface area contributed by atoms with E-state index in [1.54, 1.807) is 0 Å². The molecule has 3 aliphatic rings. The second-order valence-electron chi connectivity index (χ2n) is 9.04. The van der Waals surface area contributed by atoms with E-state index in [4.69, 9.17) is 35.9 Å². The van der Waals surface area contributed by atoms with Crippen LogP contribution in [0.4, 0.5) is 5.69 Å². The van der Waals surface area contributed by atoms with E-state index in [0.717, 1.165) is 29.8 Å². The molecular weight excluding hydrogens is 473 g/mol. The number of anilines is 1. The van der Waals surface area contributed by atoms with Gasteiger partial charge in [-0.15, -0.1) is 0 Å². The number of aromatic nitrogens is 1. The number of nitrogens with one attached hydrogen (secondary N) is 1. The number of aliphatic hydroxyl groups excluding tert-OH is 2. The molecule has 1 saturated carbocycles. The summed E-state index contributed by atoms with van der Waals surface area (Å²) < 4.78 is 21.6. The highest BCUT2D eigenvalue weighted by molar-refractivity contribution is 7.51. The monoisotopic (exact) mass is 503 g/mol. The molecule has 0 amide bonds. The SMILES string of the molecule is O=P(O)(O)COC[C@H]1O[C@@H](CC2CCc3nc(Cl)cc(NC4CCCC4)c3C=N2)[C@H](O)[C@@H]1O. The van der Waals surface area contributed by atoms with Gasteiger partial charge in [0.05, 0.1) is 24.4 Å². The number of fused-ring (bicyclic) bond motifs is 1. The van der Waals surface area contributed by atoms with Gasteiger partial charge < -0.3 is 34.8 Å². The van der Waals surface area contributed by atoms with Crippen LogP contribution in [0.2, 0.25) is 5.15 Å². The van der Waals surface area contributed by atoms with Gasteiger partial charge in [-0.1, -0.05) is 24.4 Å². The van der Waals surface area contributed by atoms with Crippen molar-refractivity contribution in [2.24, 2.45) is 4.99 Å². The third-order valence-corrected chi connectivity index (χ3v) is 7.17. The normalized spacial score (nSPS) is 30.4. The lowest BCUT2D eigenvalue weighted by molar-refractivity contribution is -0.0411. The first-order chi connectivity index (χ1) is 15.7. The first kappa shape index (κ1) is 25.0. The van der Waals surface area contributed by atoms with Crippen LogP contribution in [0.15, 0.2) is 11.1 Å². The van der Waals surface area contributed by atoms with E-state index in [9.17, 15) is 14.8 Å². The van der Waals surface area contributed by atoms with Gasteiger partial charge in [0.1, 0.15) is 29.8 Å². The van der Waals surface area contributed by atoms with Gasteiger partial charge >= 0.3 is 7.60 Å². The van der Waals surface area contributed by atoms with Crippen molar-refractivity contribution >= 4 is 31.1 Å². The zero-order chi connectivity index (χ0) is 23.6. The van der Waals surface area contributed by atoms with Gasteiger partial charge in [-0.3, -0.25) is 9.56 Å². The van der Waals surface area contributed by atoms with Crippen LogP contribution in [-0.4, -0.2) is 80.7 Å². The summed E-state index contributed by atoms with van der Waals surface area (Å²) in [7, 11) is -4.31. The molecule has 0 bridgehead atoms. The molecule has 0 spiro atoms. The minimum atomic E-state index is -4.31. The van der Waals surface area contributed by atoms with Crippen LogP contribution in [0.25, 0.3) is 0 Å². The minimum Gasteiger partial charge on any atom is -0.388 e. The molecule has 184 valence electrons. The standard InChI is InChI=1S/C21H31ClN3O7P/c22-19-8-16(24-12-3-1-2-4-12)14-9-23-13(5-6-15(14)25-19)7-17-20(26)21(27)18(32-17)10-31-11-33(28,29)30/h8-9,12-13,17-18,20-21,26-27H,1-7,10-11H2,(H,24,25)(H2,28,29,30)/t13?,17-,18+,20-,21+/m0/s1. The molecular formula is C21H31ClN3O7P. The van der Waals surface area contributed by atoms with E-state index in [1.165, 1.54) is 12.8 Å². The molecule has 5 N–H and O–H groups in total. The minimum absolute atomic E-state index is 0.154. The molecule has 12 heteroatoms. The predicted molar refractivity (Wildman–Crippen MR) is 123 cm³/mol. The second kappa shape index (κ2) is 10.7. The molecule has 10 nitrogen and oxygen atoms in total. The fourth-order valence-electron chi connectivity index (χ4n) is 4.77. The third kappa shape index (κ3) is 6.52. The average Bonchev–Trinajstić information content (AvgIpc) is 3.27. The van der Waals surface area contributed by atoms with Gasteiger partial charge in [-0.25, -0.2) is 4.98 Å². The lowest BCUT2D eigenvalue weighted by Crippen LogP contribution is -2.35. The van der Waals surface area contributed by atoms with E-state index in [2.05, 4.69) is 10.3 Å². The summed E-state index contributed by atoms with van der Waals surface area (Å²) in [6, 6.07) is 2.11. The highest BCUT2D eigenvalue weighted by atomic mass is 35.5. The molecule has 1 unspecified atom stereocenters. The van der Waals surface area contributed by atoms with Gasteiger partial charge in [0.25, 0.3) is 0 Å². The van der Waals surface area contributed by atoms with Gasteiger partial charge in [0, 0.05) is 23.5 Å². The van der Waals surface area contributed by atoms with Crippen molar-refractivity contribution in [3.05, 3.63) is 22.5 Å². The Morgan fingerprint density at radius 2 is 1.91 bits per heavy atom. The Kier molecular flexibility index (Phi) is 8.08. The average molecular weight is 504 g/mol. The number of aryl methyl sites for hydroxylation is 1. The van der Waals surface area contributed by atoms with Gasteiger partial charge in [0.2, 0.25) is 0 Å². The van der Waals surface area contributed by atoms with E-state index in [1.807, 2.05) is 12.3 Å². The number of hydrogen-bond donors (Lipinski definition) is 5. The summed E-state index contributed by atoms with van der Waals surface area (Å²) in [5.74, 6) is 0. The molecule has 5 atom stereocenters. The Hall–Kier alpha value is -1.10. The number of ether oxygens (including phenoxy) is 2. The van der Waals surface area contributed by atoms with E-state index in [-0.39, 0.29) is 12.6 Å². The lowest BCUT2D eigenvalue weighted by atomic mass is 9.99. The Morgan fingerprint density at radius 3 is 2.64 bits per heavy atom. The van der Waals surface area contributed by atoms with Gasteiger partial charge in [-0.05, 0) is 38.2 Å². The highest BCUT2D eigenvalue weighted by Crippen LogP contribution is 2.35. The van der Waals surface area contributed by atoms with Crippen LogP contribution in [0.3, 0.4) is 0 Å². The maximum Gasteiger partial charge on any atom is 0.350 e. The smallest absolute Gasteiger partial charge is 0.350 e. The first-order valence-corrected chi connectivity index (χ1v) is 13.5. The maximum absolute atomic E-state index is 10.9. The van der Waals surface area contributed by atoms with Crippen LogP contribution in [0.5, 0.6) is 0 Å². The number of rotatable bonds is 8. The van der Waals surface area contributed by atoms with Crippen molar-refractivity contribution in [2.45, 2.75) is 81.4 Å². The molecule has 1 aromatic heterocycles. The Morgan fingerprint density at radius 1 is 1.18 bits per heavy atom. The summed E-state index contributed by atoms with van der Waals surface area (Å²) >= 11 is 6.28. The molecule has 4 rings (SSSR count). The van der Waals surface area contributed by atoms with Crippen molar-refractivity contribution in [2.75, 3.05) is 18.3 Å². The number of aliphatic imine (C=N–C) groups is 1. The molecule has 2 aliphatic heterocycles. The quantitative estimate of drug-likeness (QED) is 0.264. The highest BCUT2D eigenvalue weighted by Gasteiger charge is 2.43. The Labute approximate surface area is 197 Å². The van der Waals surface area contributed by atoms with Crippen molar-refractivity contribution in [1.82, 2.24) is 4.98 Å². The lowest BCUT2D eigenvalue weighted by Gasteiger charge is -2.19. The molecule has 33 heavy (non-hydrogen) atoms. The van der Waals surface area contributed by atoms with Crippen molar-refractivity contribution in [3.8, 4) is 0 Å². The molecule has 1 aromatic rings.